The fourth-order valence-corrected chi connectivity index (χ4v) is 0.807. The Balaban J connectivity index is -0.0000000467. The summed E-state index contributed by atoms with van der Waals surface area (Å²) in [5.41, 5.74) is 0. The molecule has 0 radical (unpaired) electrons. The van der Waals surface area contributed by atoms with Gasteiger partial charge in [-0.25, -0.2) is 13.2 Å². The smallest absolute Gasteiger partial charge is 0.870 e. The molecule has 0 heterocycles. The number of alkyl halides is 4. The SMILES string of the molecule is COC(=O)C(F)(F)S(=O)(=O)F.I.O=C([O-])C(F)(F)S(=O)(=O)[O-].[Na+].[Na+].[Na+].[OH-]. The van der Waals surface area contributed by atoms with Crippen LogP contribution >= 0.6 is 24.0 Å². The van der Waals surface area contributed by atoms with Crippen molar-refractivity contribution in [2.24, 2.45) is 0 Å². The number of ether oxygens (including phenoxy) is 1. The fourth-order valence-electron chi connectivity index (χ4n) is 0.320. The third-order valence-electron chi connectivity index (χ3n) is 1.28. The number of rotatable bonds is 4. The van der Waals surface area contributed by atoms with E-state index in [1.807, 2.05) is 0 Å². The van der Waals surface area contributed by atoms with E-state index in [4.69, 9.17) is 0 Å². The predicted molar refractivity (Wildman–Crippen MR) is 64.0 cm³/mol. The number of hydrogen-bond acceptors (Lipinski definition) is 10. The molecule has 0 unspecified atom stereocenters. The van der Waals surface area contributed by atoms with Gasteiger partial charge in [0, 0.05) is 0 Å². The minimum Gasteiger partial charge on any atom is -0.870 e. The molecular formula is C5H5F5INa3O10S2. The zero-order valence-corrected chi connectivity index (χ0v) is 23.2. The van der Waals surface area contributed by atoms with Crippen LogP contribution in [0.2, 0.25) is 0 Å². The molecule has 0 saturated carbocycles. The predicted octanol–water partition coefficient (Wildman–Crippen LogP) is -10.6. The molecule has 26 heavy (non-hydrogen) atoms. The second kappa shape index (κ2) is 16.9. The van der Waals surface area contributed by atoms with E-state index in [9.17, 15) is 57.5 Å². The van der Waals surface area contributed by atoms with Crippen molar-refractivity contribution in [1.29, 1.82) is 0 Å². The van der Waals surface area contributed by atoms with Crippen LogP contribution in [0.4, 0.5) is 21.4 Å². The van der Waals surface area contributed by atoms with Crippen LogP contribution in [0.5, 0.6) is 0 Å². The van der Waals surface area contributed by atoms with Crippen LogP contribution in [0.25, 0.3) is 0 Å². The summed E-state index contributed by atoms with van der Waals surface area (Å²) in [7, 11) is -11.9. The first-order valence-corrected chi connectivity index (χ1v) is 6.67. The molecule has 0 rings (SSSR count). The Morgan fingerprint density at radius 2 is 1.19 bits per heavy atom. The number of carbonyl (C=O) groups is 2. The maximum atomic E-state index is 11.9. The molecule has 0 spiro atoms. The Hall–Kier alpha value is 2.14. The van der Waals surface area contributed by atoms with E-state index in [1.54, 1.807) is 0 Å². The Morgan fingerprint density at radius 1 is 0.923 bits per heavy atom. The summed E-state index contributed by atoms with van der Waals surface area (Å²) in [6.45, 7) is 0. The molecule has 1 N–H and O–H groups in total. The molecule has 0 saturated heterocycles. The standard InChI is InChI=1S/C3H3F3O4S.C2H2F2O5S.HI.3Na.H2O/c1-10-2(7)3(4,5)11(6,8)9;3-2(4,1(5)6)10(7,8)9;;;;;/h1H3;(H,5,6)(H,7,8,9);1H;;;;1H2/q;;;3*+1;/p-3. The number of carbonyl (C=O) groups excluding carboxylic acids is 2. The fraction of sp³-hybridized carbons (Fsp3) is 0.600. The Labute approximate surface area is 227 Å². The minimum absolute atomic E-state index is 0. The molecule has 0 aliphatic carbocycles. The topological polar surface area (TPSA) is 188 Å². The second-order valence-corrected chi connectivity index (χ2v) is 5.51. The molecule has 0 aromatic heterocycles. The van der Waals surface area contributed by atoms with Crippen LogP contribution in [0.3, 0.4) is 0 Å². The van der Waals surface area contributed by atoms with E-state index >= 15 is 0 Å². The first-order chi connectivity index (χ1) is 8.92. The van der Waals surface area contributed by atoms with Gasteiger partial charge < -0.3 is 24.7 Å². The summed E-state index contributed by atoms with van der Waals surface area (Å²) in [5.74, 6) is -5.66. The molecule has 0 atom stereocenters. The van der Waals surface area contributed by atoms with Gasteiger partial charge in [-0.1, -0.05) is 3.89 Å². The van der Waals surface area contributed by atoms with Crippen molar-refractivity contribution >= 4 is 56.3 Å². The van der Waals surface area contributed by atoms with Crippen molar-refractivity contribution in [2.45, 2.75) is 10.5 Å². The first kappa shape index (κ1) is 46.4. The Morgan fingerprint density at radius 3 is 1.23 bits per heavy atom. The van der Waals surface area contributed by atoms with Gasteiger partial charge in [-0.2, -0.15) is 26.0 Å². The summed E-state index contributed by atoms with van der Waals surface area (Å²) in [5, 5.41) is -1.22. The van der Waals surface area contributed by atoms with E-state index in [-0.39, 0.29) is 118 Å². The zero-order chi connectivity index (χ0) is 17.9. The van der Waals surface area contributed by atoms with Crippen LogP contribution in [0.15, 0.2) is 0 Å². The van der Waals surface area contributed by atoms with Crippen molar-refractivity contribution in [3.05, 3.63) is 0 Å². The molecule has 0 bridgehead atoms. The molecule has 0 aliphatic heterocycles. The van der Waals surface area contributed by atoms with E-state index < -0.39 is 42.8 Å². The van der Waals surface area contributed by atoms with Crippen molar-refractivity contribution in [3.8, 4) is 0 Å². The summed E-state index contributed by atoms with van der Waals surface area (Å²) in [6.07, 6.45) is 0. The average molecular weight is 580 g/mol. The quantitative estimate of drug-likeness (QED) is 0.0772. The van der Waals surface area contributed by atoms with Gasteiger partial charge >= 0.3 is 115 Å². The molecule has 0 fully saturated rings. The van der Waals surface area contributed by atoms with E-state index in [1.165, 1.54) is 0 Å². The number of hydrogen-bond donors (Lipinski definition) is 0. The molecule has 0 aliphatic rings. The number of carboxylic acid groups (broad SMARTS) is 1. The van der Waals surface area contributed by atoms with E-state index in [0.29, 0.717) is 7.11 Å². The van der Waals surface area contributed by atoms with Crippen LogP contribution in [-0.2, 0) is 34.7 Å². The summed E-state index contributed by atoms with van der Waals surface area (Å²) >= 11 is 0. The minimum atomic E-state index is -6.22. The van der Waals surface area contributed by atoms with Gasteiger partial charge in [-0.15, -0.1) is 24.0 Å². The van der Waals surface area contributed by atoms with Gasteiger partial charge in [0.15, 0.2) is 10.1 Å². The number of carboxylic acids is 1. The zero-order valence-electron chi connectivity index (χ0n) is 13.2. The maximum absolute atomic E-state index is 11.9. The van der Waals surface area contributed by atoms with Crippen molar-refractivity contribution < 1.29 is 156 Å². The molecule has 0 aromatic carbocycles. The van der Waals surface area contributed by atoms with Crippen LogP contribution < -0.4 is 93.8 Å². The number of esters is 1. The average Bonchev–Trinajstić information content (AvgIpc) is 2.25. The normalized spacial score (nSPS) is 10.4. The van der Waals surface area contributed by atoms with Gasteiger partial charge in [0.05, 0.1) is 7.11 Å². The van der Waals surface area contributed by atoms with Crippen molar-refractivity contribution in [2.75, 3.05) is 7.11 Å². The molecular weight excluding hydrogens is 575 g/mol. The van der Waals surface area contributed by atoms with E-state index in [2.05, 4.69) is 4.74 Å². The monoisotopic (exact) mass is 580 g/mol. The number of halogens is 6. The van der Waals surface area contributed by atoms with E-state index in [0.717, 1.165) is 0 Å². The molecule has 0 aromatic rings. The third-order valence-corrected chi connectivity index (χ3v) is 2.85. The summed E-state index contributed by atoms with van der Waals surface area (Å²) in [4.78, 5) is 19.1. The number of aliphatic carboxylic acids is 1. The summed E-state index contributed by atoms with van der Waals surface area (Å²) in [6, 6.07) is 0. The largest absolute Gasteiger partial charge is 1.00 e. The Kier molecular flexibility index (Phi) is 30.1. The van der Waals surface area contributed by atoms with Gasteiger partial charge in [0.1, 0.15) is 5.97 Å². The van der Waals surface area contributed by atoms with Crippen molar-refractivity contribution in [1.82, 2.24) is 0 Å². The molecule has 142 valence electrons. The molecule has 10 nitrogen and oxygen atoms in total. The first-order valence-electron chi connectivity index (χ1n) is 3.88. The third kappa shape index (κ3) is 14.2. The van der Waals surface area contributed by atoms with Gasteiger partial charge in [-0.05, 0) is 0 Å². The van der Waals surface area contributed by atoms with Gasteiger partial charge in [0.2, 0.25) is 0 Å². The van der Waals surface area contributed by atoms with Crippen molar-refractivity contribution in [3.63, 3.8) is 0 Å². The maximum Gasteiger partial charge on any atom is 1.00 e. The van der Waals surface area contributed by atoms with Crippen LogP contribution in [0.1, 0.15) is 0 Å². The van der Waals surface area contributed by atoms with Crippen LogP contribution in [-0.4, -0.2) is 56.4 Å². The van der Waals surface area contributed by atoms with Gasteiger partial charge in [0.25, 0.3) is 0 Å². The number of methoxy groups -OCH3 is 1. The molecule has 0 amide bonds. The summed E-state index contributed by atoms with van der Waals surface area (Å²) < 4.78 is 109. The van der Waals surface area contributed by atoms with Gasteiger partial charge in [-0.3, -0.25) is 0 Å². The molecule has 21 heteroatoms. The Bertz CT molecular complexity index is 627. The second-order valence-electron chi connectivity index (χ2n) is 2.70. The van der Waals surface area contributed by atoms with Crippen LogP contribution in [0, 0.1) is 0 Å².